The molecule has 0 aliphatic rings. The fraction of sp³-hybridized carbons (Fsp3) is 0.167. The zero-order chi connectivity index (χ0) is 22.4. The SMILES string of the molecule is Cc1ccc(CNC(=O)c2cccc(S(=O)(=O)NC(=O)Cc3ccc(C)cc3)c2)cc1. The van der Waals surface area contributed by atoms with Crippen molar-refractivity contribution in [3.8, 4) is 0 Å². The molecular weight excluding hydrogens is 412 g/mol. The highest BCUT2D eigenvalue weighted by Crippen LogP contribution is 2.13. The minimum Gasteiger partial charge on any atom is -0.348 e. The van der Waals surface area contributed by atoms with E-state index in [0.717, 1.165) is 16.7 Å². The molecule has 0 aromatic heterocycles. The Balaban J connectivity index is 1.65. The molecule has 160 valence electrons. The minimum absolute atomic E-state index is 0.0593. The summed E-state index contributed by atoms with van der Waals surface area (Å²) in [6.45, 7) is 4.23. The van der Waals surface area contributed by atoms with Crippen LogP contribution in [-0.2, 0) is 27.8 Å². The third kappa shape index (κ3) is 6.26. The fourth-order valence-corrected chi connectivity index (χ4v) is 3.96. The zero-order valence-corrected chi connectivity index (χ0v) is 18.2. The maximum atomic E-state index is 12.6. The topological polar surface area (TPSA) is 92.3 Å². The summed E-state index contributed by atoms with van der Waals surface area (Å²) < 4.78 is 27.3. The van der Waals surface area contributed by atoms with E-state index in [1.165, 1.54) is 24.3 Å². The van der Waals surface area contributed by atoms with Gasteiger partial charge in [-0.3, -0.25) is 9.59 Å². The van der Waals surface area contributed by atoms with Gasteiger partial charge in [0.25, 0.3) is 15.9 Å². The van der Waals surface area contributed by atoms with Gasteiger partial charge < -0.3 is 5.32 Å². The number of hydrogen-bond donors (Lipinski definition) is 2. The molecule has 31 heavy (non-hydrogen) atoms. The van der Waals surface area contributed by atoms with E-state index in [4.69, 9.17) is 0 Å². The van der Waals surface area contributed by atoms with Crippen molar-refractivity contribution in [2.75, 3.05) is 0 Å². The van der Waals surface area contributed by atoms with E-state index in [1.807, 2.05) is 50.2 Å². The molecule has 0 saturated heterocycles. The van der Waals surface area contributed by atoms with Crippen LogP contribution in [0.1, 0.15) is 32.6 Å². The van der Waals surface area contributed by atoms with Crippen molar-refractivity contribution >= 4 is 21.8 Å². The van der Waals surface area contributed by atoms with Crippen molar-refractivity contribution in [2.45, 2.75) is 31.7 Å². The number of amides is 2. The van der Waals surface area contributed by atoms with Gasteiger partial charge in [0, 0.05) is 12.1 Å². The van der Waals surface area contributed by atoms with Gasteiger partial charge in [-0.2, -0.15) is 0 Å². The Morgan fingerprint density at radius 3 is 2.00 bits per heavy atom. The zero-order valence-electron chi connectivity index (χ0n) is 17.4. The Morgan fingerprint density at radius 1 is 0.806 bits per heavy atom. The van der Waals surface area contributed by atoms with Crippen LogP contribution in [0.15, 0.2) is 77.7 Å². The smallest absolute Gasteiger partial charge is 0.264 e. The van der Waals surface area contributed by atoms with Crippen molar-refractivity contribution in [2.24, 2.45) is 0 Å². The molecule has 0 aliphatic heterocycles. The molecule has 0 atom stereocenters. The molecule has 3 aromatic rings. The fourth-order valence-electron chi connectivity index (χ4n) is 2.93. The van der Waals surface area contributed by atoms with Crippen LogP contribution in [0, 0.1) is 13.8 Å². The van der Waals surface area contributed by atoms with Crippen LogP contribution >= 0.6 is 0 Å². The molecule has 7 heteroatoms. The number of rotatable bonds is 7. The van der Waals surface area contributed by atoms with E-state index in [2.05, 4.69) is 10.0 Å². The van der Waals surface area contributed by atoms with E-state index in [0.29, 0.717) is 12.1 Å². The molecule has 6 nitrogen and oxygen atoms in total. The summed E-state index contributed by atoms with van der Waals surface area (Å²) in [6.07, 6.45) is -0.0593. The van der Waals surface area contributed by atoms with Crippen molar-refractivity contribution < 1.29 is 18.0 Å². The lowest BCUT2D eigenvalue weighted by atomic mass is 10.1. The van der Waals surface area contributed by atoms with Crippen molar-refractivity contribution in [3.63, 3.8) is 0 Å². The molecule has 0 aliphatic carbocycles. The van der Waals surface area contributed by atoms with Crippen molar-refractivity contribution in [1.82, 2.24) is 10.0 Å². The number of carbonyl (C=O) groups is 2. The molecular formula is C24H24N2O4S. The monoisotopic (exact) mass is 436 g/mol. The van der Waals surface area contributed by atoms with E-state index in [9.17, 15) is 18.0 Å². The number of hydrogen-bond acceptors (Lipinski definition) is 4. The third-order valence-corrected chi connectivity index (χ3v) is 6.08. The number of benzene rings is 3. The first kappa shape index (κ1) is 22.2. The first-order chi connectivity index (χ1) is 14.7. The molecule has 3 rings (SSSR count). The second-order valence-electron chi connectivity index (χ2n) is 7.39. The first-order valence-electron chi connectivity index (χ1n) is 9.78. The Morgan fingerprint density at radius 2 is 1.39 bits per heavy atom. The number of aryl methyl sites for hydroxylation is 2. The molecule has 0 heterocycles. The lowest BCUT2D eigenvalue weighted by molar-refractivity contribution is -0.118. The Hall–Kier alpha value is -3.45. The van der Waals surface area contributed by atoms with E-state index in [1.54, 1.807) is 12.1 Å². The quantitative estimate of drug-likeness (QED) is 0.595. The summed E-state index contributed by atoms with van der Waals surface area (Å²) in [5.74, 6) is -1.04. The van der Waals surface area contributed by atoms with E-state index < -0.39 is 21.8 Å². The lowest BCUT2D eigenvalue weighted by Gasteiger charge is -2.10. The van der Waals surface area contributed by atoms with Crippen LogP contribution in [0.3, 0.4) is 0 Å². The van der Waals surface area contributed by atoms with Gasteiger partial charge in [0.1, 0.15) is 0 Å². The molecule has 2 N–H and O–H groups in total. The number of sulfonamides is 1. The summed E-state index contributed by atoms with van der Waals surface area (Å²) in [7, 11) is -4.10. The molecule has 0 bridgehead atoms. The average Bonchev–Trinajstić information content (AvgIpc) is 2.74. The highest BCUT2D eigenvalue weighted by Gasteiger charge is 2.19. The van der Waals surface area contributed by atoms with Gasteiger partial charge >= 0.3 is 0 Å². The lowest BCUT2D eigenvalue weighted by Crippen LogP contribution is -2.32. The Kier molecular flexibility index (Phi) is 6.87. The third-order valence-electron chi connectivity index (χ3n) is 4.71. The largest absolute Gasteiger partial charge is 0.348 e. The van der Waals surface area contributed by atoms with Gasteiger partial charge in [0.2, 0.25) is 5.91 Å². The van der Waals surface area contributed by atoms with Gasteiger partial charge in [0.05, 0.1) is 11.3 Å². The maximum Gasteiger partial charge on any atom is 0.264 e. The van der Waals surface area contributed by atoms with Crippen LogP contribution in [-0.4, -0.2) is 20.2 Å². The van der Waals surface area contributed by atoms with Crippen LogP contribution in [0.4, 0.5) is 0 Å². The molecule has 0 saturated carbocycles. The maximum absolute atomic E-state index is 12.6. The summed E-state index contributed by atoms with van der Waals surface area (Å²) >= 11 is 0. The Labute approximate surface area is 182 Å². The molecule has 3 aromatic carbocycles. The van der Waals surface area contributed by atoms with Crippen LogP contribution in [0.5, 0.6) is 0 Å². The highest BCUT2D eigenvalue weighted by molar-refractivity contribution is 7.90. The van der Waals surface area contributed by atoms with E-state index in [-0.39, 0.29) is 16.9 Å². The molecule has 0 unspecified atom stereocenters. The first-order valence-corrected chi connectivity index (χ1v) is 11.3. The van der Waals surface area contributed by atoms with Crippen LogP contribution in [0.25, 0.3) is 0 Å². The van der Waals surface area contributed by atoms with E-state index >= 15 is 0 Å². The minimum atomic E-state index is -4.10. The standard InChI is InChI=1S/C24H24N2O4S/c1-17-6-10-19(11-7-17)14-23(27)26-31(29,30)22-5-3-4-21(15-22)24(28)25-16-20-12-8-18(2)9-13-20/h3-13,15H,14,16H2,1-2H3,(H,25,28)(H,26,27). The van der Waals surface area contributed by atoms with Gasteiger partial charge in [0.15, 0.2) is 0 Å². The number of carbonyl (C=O) groups excluding carboxylic acids is 2. The average molecular weight is 437 g/mol. The van der Waals surface area contributed by atoms with Crippen molar-refractivity contribution in [1.29, 1.82) is 0 Å². The highest BCUT2D eigenvalue weighted by atomic mass is 32.2. The predicted octanol–water partition coefficient (Wildman–Crippen LogP) is 3.28. The molecule has 2 amide bonds. The van der Waals surface area contributed by atoms with Crippen LogP contribution in [0.2, 0.25) is 0 Å². The molecule has 0 fully saturated rings. The predicted molar refractivity (Wildman–Crippen MR) is 119 cm³/mol. The van der Waals surface area contributed by atoms with Gasteiger partial charge in [-0.1, -0.05) is 65.7 Å². The Bertz CT molecular complexity index is 1190. The number of nitrogens with one attached hydrogen (secondary N) is 2. The summed E-state index contributed by atoms with van der Waals surface area (Å²) in [5.41, 5.74) is 4.02. The second kappa shape index (κ2) is 9.57. The molecule has 0 spiro atoms. The summed E-state index contributed by atoms with van der Waals surface area (Å²) in [4.78, 5) is 24.5. The van der Waals surface area contributed by atoms with Crippen molar-refractivity contribution in [3.05, 3.63) is 101 Å². The summed E-state index contributed by atoms with van der Waals surface area (Å²) in [5, 5.41) is 2.77. The summed E-state index contributed by atoms with van der Waals surface area (Å²) in [6, 6.07) is 20.6. The van der Waals surface area contributed by atoms with Gasteiger partial charge in [-0.25, -0.2) is 13.1 Å². The van der Waals surface area contributed by atoms with Gasteiger partial charge in [-0.05, 0) is 43.2 Å². The normalized spacial score (nSPS) is 11.0. The molecule has 0 radical (unpaired) electrons. The second-order valence-corrected chi connectivity index (χ2v) is 9.07. The van der Waals surface area contributed by atoms with Gasteiger partial charge in [-0.15, -0.1) is 0 Å². The van der Waals surface area contributed by atoms with Crippen LogP contribution < -0.4 is 10.0 Å².